The summed E-state index contributed by atoms with van der Waals surface area (Å²) in [6.45, 7) is 1.29. The Hall–Kier alpha value is -4.36. The van der Waals surface area contributed by atoms with E-state index in [0.717, 1.165) is 0 Å². The third kappa shape index (κ3) is 3.43. The molecule has 0 N–H and O–H groups in total. The number of ether oxygens (including phenoxy) is 1. The van der Waals surface area contributed by atoms with E-state index in [9.17, 15) is 9.65 Å². The highest BCUT2D eigenvalue weighted by molar-refractivity contribution is 5.77. The van der Waals surface area contributed by atoms with Crippen LogP contribution in [0.3, 0.4) is 0 Å². The van der Waals surface area contributed by atoms with Crippen LogP contribution in [-0.4, -0.2) is 11.2 Å². The minimum absolute atomic E-state index is 0.155. The van der Waals surface area contributed by atoms with Crippen molar-refractivity contribution in [3.05, 3.63) is 100 Å². The van der Waals surface area contributed by atoms with Gasteiger partial charge in [0.05, 0.1) is 23.3 Å². The molecule has 150 valence electrons. The first kappa shape index (κ1) is 19.9. The van der Waals surface area contributed by atoms with Gasteiger partial charge in [0, 0.05) is 11.8 Å². The number of rotatable bonds is 4. The predicted octanol–water partition coefficient (Wildman–Crippen LogP) is 5.09. The highest BCUT2D eigenvalue weighted by Crippen LogP contribution is 2.41. The van der Waals surface area contributed by atoms with E-state index in [4.69, 9.17) is 10.00 Å². The van der Waals surface area contributed by atoms with Crippen LogP contribution in [0.4, 0.5) is 8.78 Å². The SMILES string of the molecule is Cc1c(F)c(Oc2cccc(C#N)c2)nc(C2(c3cccc(C#N)c3)C=CC=N2)c1F. The van der Waals surface area contributed by atoms with Crippen molar-refractivity contribution < 1.29 is 13.5 Å². The molecular weight excluding hydrogens is 398 g/mol. The number of pyridine rings is 1. The van der Waals surface area contributed by atoms with Gasteiger partial charge in [-0.1, -0.05) is 18.2 Å². The van der Waals surface area contributed by atoms with E-state index >= 15 is 4.39 Å². The van der Waals surface area contributed by atoms with Gasteiger partial charge in [-0.2, -0.15) is 10.5 Å². The number of hydrogen-bond acceptors (Lipinski definition) is 5. The zero-order valence-corrected chi connectivity index (χ0v) is 16.3. The van der Waals surface area contributed by atoms with Crippen LogP contribution < -0.4 is 4.74 Å². The van der Waals surface area contributed by atoms with Crippen molar-refractivity contribution in [3.63, 3.8) is 0 Å². The molecular formula is C24H14F2N4O. The summed E-state index contributed by atoms with van der Waals surface area (Å²) < 4.78 is 35.7. The van der Waals surface area contributed by atoms with Crippen LogP contribution in [0.25, 0.3) is 0 Å². The molecule has 7 heteroatoms. The van der Waals surface area contributed by atoms with Gasteiger partial charge in [-0.25, -0.2) is 13.8 Å². The Morgan fingerprint density at radius 3 is 2.35 bits per heavy atom. The molecule has 31 heavy (non-hydrogen) atoms. The van der Waals surface area contributed by atoms with Crippen LogP contribution >= 0.6 is 0 Å². The highest BCUT2D eigenvalue weighted by Gasteiger charge is 2.39. The maximum Gasteiger partial charge on any atom is 0.256 e. The van der Waals surface area contributed by atoms with Crippen molar-refractivity contribution in [2.75, 3.05) is 0 Å². The van der Waals surface area contributed by atoms with Gasteiger partial charge < -0.3 is 4.74 Å². The number of halogens is 2. The quantitative estimate of drug-likeness (QED) is 0.598. The molecule has 1 aliphatic rings. The summed E-state index contributed by atoms with van der Waals surface area (Å²) in [7, 11) is 0. The van der Waals surface area contributed by atoms with Crippen molar-refractivity contribution in [1.29, 1.82) is 10.5 Å². The molecule has 0 saturated carbocycles. The van der Waals surface area contributed by atoms with Crippen molar-refractivity contribution >= 4 is 6.21 Å². The Morgan fingerprint density at radius 1 is 0.968 bits per heavy atom. The molecule has 0 aliphatic carbocycles. The minimum atomic E-state index is -1.37. The molecule has 2 aromatic carbocycles. The molecule has 4 rings (SSSR count). The van der Waals surface area contributed by atoms with E-state index in [1.165, 1.54) is 19.2 Å². The summed E-state index contributed by atoms with van der Waals surface area (Å²) in [4.78, 5) is 8.59. The number of nitriles is 2. The smallest absolute Gasteiger partial charge is 0.256 e. The lowest BCUT2D eigenvalue weighted by Crippen LogP contribution is -2.25. The largest absolute Gasteiger partial charge is 0.436 e. The van der Waals surface area contributed by atoms with Gasteiger partial charge in [-0.3, -0.25) is 4.99 Å². The van der Waals surface area contributed by atoms with E-state index in [1.54, 1.807) is 54.6 Å². The third-order valence-electron chi connectivity index (χ3n) is 4.94. The number of allylic oxidation sites excluding steroid dienone is 1. The summed E-state index contributed by atoms with van der Waals surface area (Å²) in [5.74, 6) is -2.05. The van der Waals surface area contributed by atoms with Crippen molar-refractivity contribution in [1.82, 2.24) is 4.98 Å². The Morgan fingerprint density at radius 2 is 1.68 bits per heavy atom. The molecule has 1 aromatic heterocycles. The first-order chi connectivity index (χ1) is 15.0. The van der Waals surface area contributed by atoms with Gasteiger partial charge in [0.2, 0.25) is 0 Å². The molecule has 1 atom stereocenters. The molecule has 5 nitrogen and oxygen atoms in total. The zero-order valence-electron chi connectivity index (χ0n) is 16.3. The summed E-state index contributed by atoms with van der Waals surface area (Å²) in [5, 5.41) is 18.3. The maximum absolute atomic E-state index is 15.3. The van der Waals surface area contributed by atoms with E-state index in [1.807, 2.05) is 12.1 Å². The van der Waals surface area contributed by atoms with Crippen LogP contribution in [0, 0.1) is 41.2 Å². The van der Waals surface area contributed by atoms with Gasteiger partial charge in [-0.05, 0) is 55.0 Å². The van der Waals surface area contributed by atoms with Crippen molar-refractivity contribution in [2.24, 2.45) is 4.99 Å². The molecule has 3 aromatic rings. The van der Waals surface area contributed by atoms with Gasteiger partial charge in [0.25, 0.3) is 5.88 Å². The average Bonchev–Trinajstić information content (AvgIpc) is 3.30. The second kappa shape index (κ2) is 7.81. The second-order valence-corrected chi connectivity index (χ2v) is 6.86. The number of aromatic nitrogens is 1. The van der Waals surface area contributed by atoms with E-state index in [-0.39, 0.29) is 17.0 Å². The summed E-state index contributed by atoms with van der Waals surface area (Å²) in [6, 6.07) is 16.7. The Labute approximate surface area is 177 Å². The van der Waals surface area contributed by atoms with Crippen LogP contribution in [0.15, 0.2) is 65.7 Å². The molecule has 0 amide bonds. The second-order valence-electron chi connectivity index (χ2n) is 6.86. The molecule has 0 saturated heterocycles. The standard InChI is InChI=1S/C24H14F2N4O/c1-15-20(25)22(24(9-4-10-29-24)18-7-2-5-16(11-18)13-27)30-23(21(15)26)31-19-8-3-6-17(12-19)14-28/h2-12H,1H3. The van der Waals surface area contributed by atoms with E-state index in [2.05, 4.69) is 9.98 Å². The lowest BCUT2D eigenvalue weighted by molar-refractivity contribution is 0.402. The van der Waals surface area contributed by atoms with Crippen molar-refractivity contribution in [2.45, 2.75) is 12.5 Å². The topological polar surface area (TPSA) is 82.1 Å². The summed E-state index contributed by atoms with van der Waals surface area (Å²) >= 11 is 0. The molecule has 0 spiro atoms. The monoisotopic (exact) mass is 412 g/mol. The first-order valence-corrected chi connectivity index (χ1v) is 9.26. The van der Waals surface area contributed by atoms with Crippen molar-refractivity contribution in [3.8, 4) is 23.8 Å². The van der Waals surface area contributed by atoms with E-state index in [0.29, 0.717) is 16.7 Å². The highest BCUT2D eigenvalue weighted by atomic mass is 19.1. The van der Waals surface area contributed by atoms with Crippen LogP contribution in [0.1, 0.15) is 27.9 Å². The Balaban J connectivity index is 1.89. The molecule has 2 heterocycles. The maximum atomic E-state index is 15.3. The number of aliphatic imine (C=N–C) groups is 1. The third-order valence-corrected chi connectivity index (χ3v) is 4.94. The van der Waals surface area contributed by atoms with Gasteiger partial charge >= 0.3 is 0 Å². The fourth-order valence-electron chi connectivity index (χ4n) is 3.35. The van der Waals surface area contributed by atoms with Crippen LogP contribution in [0.2, 0.25) is 0 Å². The lowest BCUT2D eigenvalue weighted by atomic mass is 9.85. The fraction of sp³-hybridized carbons (Fsp3) is 0.0833. The Bertz CT molecular complexity index is 1320. The number of hydrogen-bond donors (Lipinski definition) is 0. The Kier molecular flexibility index (Phi) is 5.02. The first-order valence-electron chi connectivity index (χ1n) is 9.26. The molecule has 1 unspecified atom stereocenters. The van der Waals surface area contributed by atoms with Gasteiger partial charge in [-0.15, -0.1) is 0 Å². The fourth-order valence-corrected chi connectivity index (χ4v) is 3.35. The molecule has 0 fully saturated rings. The average molecular weight is 412 g/mol. The number of benzene rings is 2. The summed E-state index contributed by atoms with van der Waals surface area (Å²) in [6.07, 6.45) is 4.76. The molecule has 1 aliphatic heterocycles. The van der Waals surface area contributed by atoms with Gasteiger partial charge in [0.15, 0.2) is 11.6 Å². The lowest BCUT2D eigenvalue weighted by Gasteiger charge is -2.26. The van der Waals surface area contributed by atoms with E-state index < -0.39 is 23.1 Å². The van der Waals surface area contributed by atoms with Crippen LogP contribution in [0.5, 0.6) is 11.6 Å². The van der Waals surface area contributed by atoms with Gasteiger partial charge in [0.1, 0.15) is 17.0 Å². The number of nitrogens with zero attached hydrogens (tertiary/aromatic N) is 4. The van der Waals surface area contributed by atoms with Crippen LogP contribution in [-0.2, 0) is 5.54 Å². The summed E-state index contributed by atoms with van der Waals surface area (Å²) in [5.41, 5.74) is -0.601. The normalized spacial score (nSPS) is 16.7. The zero-order chi connectivity index (χ0) is 22.0. The minimum Gasteiger partial charge on any atom is -0.436 e. The molecule has 0 radical (unpaired) electrons. The molecule has 0 bridgehead atoms. The predicted molar refractivity (Wildman–Crippen MR) is 110 cm³/mol.